The molecule has 1 aromatic heterocycles. The lowest BCUT2D eigenvalue weighted by molar-refractivity contribution is 0.562. The van der Waals surface area contributed by atoms with Gasteiger partial charge in [-0.05, 0) is 29.0 Å². The molecule has 2 aromatic carbocycles. The second-order valence-corrected chi connectivity index (χ2v) is 4.03. The lowest BCUT2D eigenvalue weighted by atomic mass is 10.1. The fraction of sp³-hybridized carbons (Fsp3) is 0. The van der Waals surface area contributed by atoms with Crippen LogP contribution in [0.4, 0.5) is 0 Å². The van der Waals surface area contributed by atoms with Gasteiger partial charge in [-0.15, -0.1) is 0 Å². The van der Waals surface area contributed by atoms with Crippen molar-refractivity contribution in [2.75, 3.05) is 0 Å². The van der Waals surface area contributed by atoms with Crippen LogP contribution in [0.5, 0.6) is 0 Å². The minimum Gasteiger partial charge on any atom is -0.422 e. The first-order chi connectivity index (χ1) is 7.74. The van der Waals surface area contributed by atoms with Crippen LogP contribution < -0.4 is 5.63 Å². The summed E-state index contributed by atoms with van der Waals surface area (Å²) in [5.41, 5.74) is 0.0672. The second kappa shape index (κ2) is 3.35. The molecule has 0 saturated heterocycles. The highest BCUT2D eigenvalue weighted by molar-refractivity contribution is 6.30. The fourth-order valence-electron chi connectivity index (χ4n) is 1.78. The Hall–Kier alpha value is -1.80. The molecule has 0 aliphatic rings. The van der Waals surface area contributed by atoms with E-state index in [1.807, 2.05) is 36.4 Å². The molecule has 0 atom stereocenters. The van der Waals surface area contributed by atoms with Crippen LogP contribution in [-0.4, -0.2) is 0 Å². The molecule has 0 radical (unpaired) electrons. The van der Waals surface area contributed by atoms with Crippen molar-refractivity contribution >= 4 is 33.3 Å². The summed E-state index contributed by atoms with van der Waals surface area (Å²) in [7, 11) is 0. The third kappa shape index (κ3) is 1.39. The standard InChI is InChI=1S/C13H7ClO2/c14-11-6-10-5-8-3-1-2-4-9(8)7-12(10)16-13(11)15/h1-7H. The SMILES string of the molecule is O=c1oc2cc3ccccc3cc2cc1Cl. The largest absolute Gasteiger partial charge is 0.422 e. The Kier molecular flexibility index (Phi) is 1.98. The van der Waals surface area contributed by atoms with Crippen LogP contribution in [0.1, 0.15) is 0 Å². The van der Waals surface area contributed by atoms with Crippen molar-refractivity contribution in [1.82, 2.24) is 0 Å². The minimum atomic E-state index is -0.496. The van der Waals surface area contributed by atoms with Gasteiger partial charge in [0.25, 0.3) is 0 Å². The molecular formula is C13H7ClO2. The monoisotopic (exact) mass is 230 g/mol. The van der Waals surface area contributed by atoms with Gasteiger partial charge >= 0.3 is 5.63 Å². The normalized spacial score (nSPS) is 11.1. The Morgan fingerprint density at radius 3 is 2.38 bits per heavy atom. The van der Waals surface area contributed by atoms with Gasteiger partial charge in [0, 0.05) is 5.39 Å². The van der Waals surface area contributed by atoms with Crippen molar-refractivity contribution in [3.8, 4) is 0 Å². The van der Waals surface area contributed by atoms with Crippen molar-refractivity contribution in [1.29, 1.82) is 0 Å². The van der Waals surface area contributed by atoms with E-state index in [1.165, 1.54) is 0 Å². The molecule has 2 nitrogen and oxygen atoms in total. The summed E-state index contributed by atoms with van der Waals surface area (Å²) < 4.78 is 5.11. The molecule has 0 bridgehead atoms. The molecule has 78 valence electrons. The third-order valence-corrected chi connectivity index (χ3v) is 2.82. The average molecular weight is 231 g/mol. The van der Waals surface area contributed by atoms with Gasteiger partial charge in [-0.2, -0.15) is 0 Å². The van der Waals surface area contributed by atoms with E-state index in [0.717, 1.165) is 16.2 Å². The summed E-state index contributed by atoms with van der Waals surface area (Å²) in [6.07, 6.45) is 0. The molecule has 1 heterocycles. The van der Waals surface area contributed by atoms with Crippen LogP contribution in [0.25, 0.3) is 21.7 Å². The van der Waals surface area contributed by atoms with Crippen LogP contribution >= 0.6 is 11.6 Å². The molecule has 3 aromatic rings. The molecule has 16 heavy (non-hydrogen) atoms. The summed E-state index contributed by atoms with van der Waals surface area (Å²) in [6, 6.07) is 13.3. The van der Waals surface area contributed by atoms with Crippen molar-refractivity contribution in [2.24, 2.45) is 0 Å². The van der Waals surface area contributed by atoms with Gasteiger partial charge in [0.15, 0.2) is 0 Å². The van der Waals surface area contributed by atoms with E-state index in [0.29, 0.717) is 5.58 Å². The average Bonchev–Trinajstić information content (AvgIpc) is 2.28. The Labute approximate surface area is 96.1 Å². The highest BCUT2D eigenvalue weighted by Gasteiger charge is 2.03. The van der Waals surface area contributed by atoms with Gasteiger partial charge in [0.05, 0.1) is 0 Å². The molecule has 3 rings (SSSR count). The third-order valence-electron chi connectivity index (χ3n) is 2.56. The summed E-state index contributed by atoms with van der Waals surface area (Å²) >= 11 is 5.73. The lowest BCUT2D eigenvalue weighted by Crippen LogP contribution is -1.97. The van der Waals surface area contributed by atoms with Crippen LogP contribution in [0, 0.1) is 0 Å². The number of hydrogen-bond acceptors (Lipinski definition) is 2. The van der Waals surface area contributed by atoms with Gasteiger partial charge in [-0.25, -0.2) is 4.79 Å². The first-order valence-corrected chi connectivity index (χ1v) is 5.24. The number of fused-ring (bicyclic) bond motifs is 2. The lowest BCUT2D eigenvalue weighted by Gasteiger charge is -2.00. The summed E-state index contributed by atoms with van der Waals surface area (Å²) in [4.78, 5) is 11.3. The maximum absolute atomic E-state index is 11.3. The molecule has 3 heteroatoms. The summed E-state index contributed by atoms with van der Waals surface area (Å²) in [5.74, 6) is 0. The van der Waals surface area contributed by atoms with E-state index in [4.69, 9.17) is 16.0 Å². The fourth-order valence-corrected chi connectivity index (χ4v) is 1.94. The van der Waals surface area contributed by atoms with Gasteiger partial charge in [-0.3, -0.25) is 0 Å². The molecular weight excluding hydrogens is 224 g/mol. The quantitative estimate of drug-likeness (QED) is 0.436. The van der Waals surface area contributed by atoms with Gasteiger partial charge < -0.3 is 4.42 Å². The van der Waals surface area contributed by atoms with E-state index >= 15 is 0 Å². The predicted molar refractivity (Wildman–Crippen MR) is 65.0 cm³/mol. The van der Waals surface area contributed by atoms with E-state index in [2.05, 4.69) is 0 Å². The Morgan fingerprint density at radius 2 is 1.62 bits per heavy atom. The van der Waals surface area contributed by atoms with E-state index in [-0.39, 0.29) is 5.02 Å². The Bertz CT molecular complexity index is 744. The summed E-state index contributed by atoms with van der Waals surface area (Å²) in [5, 5.41) is 3.09. The van der Waals surface area contributed by atoms with Crippen LogP contribution in [0.3, 0.4) is 0 Å². The maximum Gasteiger partial charge on any atom is 0.355 e. The van der Waals surface area contributed by atoms with Crippen molar-refractivity contribution < 1.29 is 4.42 Å². The molecule has 0 unspecified atom stereocenters. The molecule has 0 aliphatic heterocycles. The Morgan fingerprint density at radius 1 is 0.938 bits per heavy atom. The molecule has 0 fully saturated rings. The zero-order valence-corrected chi connectivity index (χ0v) is 8.99. The Balaban J connectivity index is 2.51. The zero-order valence-electron chi connectivity index (χ0n) is 8.24. The second-order valence-electron chi connectivity index (χ2n) is 3.62. The van der Waals surface area contributed by atoms with E-state index < -0.39 is 5.63 Å². The van der Waals surface area contributed by atoms with Crippen LogP contribution in [0.2, 0.25) is 5.02 Å². The molecule has 0 N–H and O–H groups in total. The van der Waals surface area contributed by atoms with Gasteiger partial charge in [0.1, 0.15) is 10.6 Å². The minimum absolute atomic E-state index is 0.114. The number of benzene rings is 2. The topological polar surface area (TPSA) is 30.2 Å². The van der Waals surface area contributed by atoms with Crippen LogP contribution in [-0.2, 0) is 0 Å². The first-order valence-electron chi connectivity index (χ1n) is 4.86. The highest BCUT2D eigenvalue weighted by Crippen LogP contribution is 2.23. The molecule has 0 saturated carbocycles. The van der Waals surface area contributed by atoms with E-state index in [9.17, 15) is 4.79 Å². The zero-order chi connectivity index (χ0) is 11.1. The highest BCUT2D eigenvalue weighted by atomic mass is 35.5. The smallest absolute Gasteiger partial charge is 0.355 e. The molecule has 0 amide bonds. The first kappa shape index (κ1) is 9.43. The van der Waals surface area contributed by atoms with Crippen molar-refractivity contribution in [3.05, 3.63) is 57.9 Å². The number of halogens is 1. The van der Waals surface area contributed by atoms with E-state index in [1.54, 1.807) is 6.07 Å². The number of rotatable bonds is 0. The number of hydrogen-bond donors (Lipinski definition) is 0. The predicted octanol–water partition coefficient (Wildman–Crippen LogP) is 3.60. The summed E-state index contributed by atoms with van der Waals surface area (Å²) in [6.45, 7) is 0. The maximum atomic E-state index is 11.3. The molecule has 0 aliphatic carbocycles. The van der Waals surface area contributed by atoms with Gasteiger partial charge in [0.2, 0.25) is 0 Å². The van der Waals surface area contributed by atoms with Crippen LogP contribution in [0.15, 0.2) is 51.7 Å². The van der Waals surface area contributed by atoms with Gasteiger partial charge in [-0.1, -0.05) is 35.9 Å². The van der Waals surface area contributed by atoms with Crippen molar-refractivity contribution in [3.63, 3.8) is 0 Å². The molecule has 0 spiro atoms. The van der Waals surface area contributed by atoms with Crippen molar-refractivity contribution in [2.45, 2.75) is 0 Å².